The minimum Gasteiger partial charge on any atom is -0.330 e. The van der Waals surface area contributed by atoms with Gasteiger partial charge in [-0.15, -0.1) is 0 Å². The Balaban J connectivity index is 1.98. The van der Waals surface area contributed by atoms with E-state index in [2.05, 4.69) is 26.2 Å². The van der Waals surface area contributed by atoms with Gasteiger partial charge in [-0.25, -0.2) is 4.98 Å². The summed E-state index contributed by atoms with van der Waals surface area (Å²) in [7, 11) is 0. The molecule has 18 heavy (non-hydrogen) atoms. The number of nitrogens with two attached hydrogens (primary N) is 1. The molecule has 1 saturated carbocycles. The molecule has 4 nitrogen and oxygen atoms in total. The van der Waals surface area contributed by atoms with Crippen LogP contribution in [0.2, 0.25) is 0 Å². The Labute approximate surface area is 115 Å². The van der Waals surface area contributed by atoms with Crippen LogP contribution in [0.1, 0.15) is 31.2 Å². The number of carbonyl (C=O) groups excluding carboxylic acids is 1. The summed E-state index contributed by atoms with van der Waals surface area (Å²) < 4.78 is 0.912. The number of rotatable bonds is 4. The van der Waals surface area contributed by atoms with Crippen molar-refractivity contribution >= 4 is 27.7 Å². The molecule has 0 unspecified atom stereocenters. The van der Waals surface area contributed by atoms with E-state index >= 15 is 0 Å². The Hall–Kier alpha value is -0.940. The van der Waals surface area contributed by atoms with E-state index in [4.69, 9.17) is 5.73 Å². The molecule has 0 aliphatic heterocycles. The highest BCUT2D eigenvalue weighted by Gasteiger charge is 2.37. The predicted octanol–water partition coefficient (Wildman–Crippen LogP) is 2.61. The second kappa shape index (κ2) is 5.36. The molecule has 1 aliphatic rings. The summed E-state index contributed by atoms with van der Waals surface area (Å²) in [6.45, 7) is 2.52. The summed E-state index contributed by atoms with van der Waals surface area (Å²) in [5.74, 6) is 0.646. The number of nitrogens with one attached hydrogen (secondary N) is 1. The van der Waals surface area contributed by atoms with Gasteiger partial charge in [0.2, 0.25) is 5.91 Å². The van der Waals surface area contributed by atoms with Crippen molar-refractivity contribution in [2.75, 3.05) is 11.9 Å². The fourth-order valence-electron chi connectivity index (χ4n) is 2.32. The second-order valence-corrected chi connectivity index (χ2v) is 6.02. The lowest BCUT2D eigenvalue weighted by Crippen LogP contribution is -2.40. The maximum absolute atomic E-state index is 12.0. The molecule has 5 heteroatoms. The minimum absolute atomic E-state index is 0.0121. The number of hydrogen-bond acceptors (Lipinski definition) is 3. The van der Waals surface area contributed by atoms with Crippen LogP contribution in [0, 0.1) is 12.3 Å². The van der Waals surface area contributed by atoms with E-state index in [1.54, 1.807) is 6.20 Å². The molecule has 0 atom stereocenters. The zero-order chi connectivity index (χ0) is 13.2. The lowest BCUT2D eigenvalue weighted by molar-refractivity contribution is -0.119. The van der Waals surface area contributed by atoms with E-state index in [1.165, 1.54) is 6.42 Å². The molecule has 1 amide bonds. The Morgan fingerprint density at radius 2 is 2.33 bits per heavy atom. The van der Waals surface area contributed by atoms with Crippen LogP contribution in [0.5, 0.6) is 0 Å². The SMILES string of the molecule is Cc1cc(Br)cnc1NC(=O)CC1(CN)CCC1. The van der Waals surface area contributed by atoms with E-state index in [-0.39, 0.29) is 11.3 Å². The van der Waals surface area contributed by atoms with Crippen molar-refractivity contribution < 1.29 is 4.79 Å². The summed E-state index contributed by atoms with van der Waals surface area (Å²) >= 11 is 3.35. The highest BCUT2D eigenvalue weighted by molar-refractivity contribution is 9.10. The lowest BCUT2D eigenvalue weighted by Gasteiger charge is -2.40. The number of anilines is 1. The van der Waals surface area contributed by atoms with E-state index in [0.717, 1.165) is 22.9 Å². The van der Waals surface area contributed by atoms with E-state index in [1.807, 2.05) is 13.0 Å². The number of aromatic nitrogens is 1. The van der Waals surface area contributed by atoms with E-state index in [0.29, 0.717) is 18.8 Å². The summed E-state index contributed by atoms with van der Waals surface area (Å²) in [5.41, 5.74) is 6.75. The summed E-state index contributed by atoms with van der Waals surface area (Å²) in [4.78, 5) is 16.2. The lowest BCUT2D eigenvalue weighted by atomic mass is 9.66. The van der Waals surface area contributed by atoms with Crippen LogP contribution in [0.25, 0.3) is 0 Å². The van der Waals surface area contributed by atoms with Crippen molar-refractivity contribution in [1.29, 1.82) is 0 Å². The maximum Gasteiger partial charge on any atom is 0.226 e. The Morgan fingerprint density at radius 1 is 1.61 bits per heavy atom. The number of amides is 1. The molecule has 1 aromatic rings. The van der Waals surface area contributed by atoms with Crippen molar-refractivity contribution in [3.05, 3.63) is 22.3 Å². The first-order valence-electron chi connectivity index (χ1n) is 6.17. The average Bonchev–Trinajstić information content (AvgIpc) is 2.27. The van der Waals surface area contributed by atoms with Gasteiger partial charge < -0.3 is 11.1 Å². The Kier molecular flexibility index (Phi) is 4.02. The van der Waals surface area contributed by atoms with E-state index < -0.39 is 0 Å². The molecule has 0 aromatic carbocycles. The molecule has 0 bridgehead atoms. The fourth-order valence-corrected chi connectivity index (χ4v) is 2.76. The van der Waals surface area contributed by atoms with Gasteiger partial charge in [0.25, 0.3) is 0 Å². The first-order valence-corrected chi connectivity index (χ1v) is 6.96. The molecule has 3 N–H and O–H groups in total. The number of nitrogens with zero attached hydrogens (tertiary/aromatic N) is 1. The molecule has 0 saturated heterocycles. The summed E-state index contributed by atoms with van der Waals surface area (Å²) in [6.07, 6.45) is 5.48. The third-order valence-electron chi connectivity index (χ3n) is 3.69. The fraction of sp³-hybridized carbons (Fsp3) is 0.538. The maximum atomic E-state index is 12.0. The monoisotopic (exact) mass is 311 g/mol. The van der Waals surface area contributed by atoms with Gasteiger partial charge in [-0.1, -0.05) is 6.42 Å². The molecule has 1 fully saturated rings. The number of pyridine rings is 1. The molecule has 1 aliphatic carbocycles. The van der Waals surface area contributed by atoms with Gasteiger partial charge in [-0.3, -0.25) is 4.79 Å². The molecule has 0 radical (unpaired) electrons. The number of halogens is 1. The summed E-state index contributed by atoms with van der Waals surface area (Å²) in [6, 6.07) is 1.94. The van der Waals surface area contributed by atoms with Crippen LogP contribution in [-0.4, -0.2) is 17.4 Å². The van der Waals surface area contributed by atoms with Crippen molar-refractivity contribution in [3.8, 4) is 0 Å². The average molecular weight is 312 g/mol. The number of carbonyl (C=O) groups is 1. The summed E-state index contributed by atoms with van der Waals surface area (Å²) in [5, 5.41) is 2.87. The third-order valence-corrected chi connectivity index (χ3v) is 4.12. The van der Waals surface area contributed by atoms with Crippen LogP contribution in [-0.2, 0) is 4.79 Å². The van der Waals surface area contributed by atoms with Gasteiger partial charge >= 0.3 is 0 Å². The Morgan fingerprint density at radius 3 is 2.83 bits per heavy atom. The normalized spacial score (nSPS) is 17.1. The molecule has 0 spiro atoms. The van der Waals surface area contributed by atoms with Crippen molar-refractivity contribution in [3.63, 3.8) is 0 Å². The van der Waals surface area contributed by atoms with Gasteiger partial charge in [-0.2, -0.15) is 0 Å². The predicted molar refractivity (Wildman–Crippen MR) is 75.3 cm³/mol. The van der Waals surface area contributed by atoms with Crippen molar-refractivity contribution in [1.82, 2.24) is 4.98 Å². The first-order chi connectivity index (χ1) is 8.54. The van der Waals surface area contributed by atoms with Crippen LogP contribution in [0.3, 0.4) is 0 Å². The molecule has 1 aromatic heterocycles. The highest BCUT2D eigenvalue weighted by atomic mass is 79.9. The van der Waals surface area contributed by atoms with Crippen molar-refractivity contribution in [2.24, 2.45) is 11.1 Å². The standard InChI is InChI=1S/C13H18BrN3O/c1-9-5-10(14)7-16-12(9)17-11(18)6-13(8-15)3-2-4-13/h5,7H,2-4,6,8,15H2,1H3,(H,16,17,18). The minimum atomic E-state index is 0.0121. The van der Waals surface area contributed by atoms with Gasteiger partial charge in [0, 0.05) is 17.1 Å². The number of aryl methyl sites for hydroxylation is 1. The topological polar surface area (TPSA) is 68.0 Å². The zero-order valence-corrected chi connectivity index (χ0v) is 12.1. The Bertz CT molecular complexity index is 452. The smallest absolute Gasteiger partial charge is 0.226 e. The largest absolute Gasteiger partial charge is 0.330 e. The van der Waals surface area contributed by atoms with E-state index in [9.17, 15) is 4.79 Å². The first kappa shape index (κ1) is 13.5. The molecular weight excluding hydrogens is 294 g/mol. The molecule has 98 valence electrons. The molecule has 2 rings (SSSR count). The second-order valence-electron chi connectivity index (χ2n) is 5.10. The van der Waals surface area contributed by atoms with Gasteiger partial charge in [0.05, 0.1) is 0 Å². The van der Waals surface area contributed by atoms with Gasteiger partial charge in [-0.05, 0) is 59.3 Å². The number of hydrogen-bond donors (Lipinski definition) is 2. The zero-order valence-electron chi connectivity index (χ0n) is 10.5. The third kappa shape index (κ3) is 2.90. The van der Waals surface area contributed by atoms with Crippen LogP contribution in [0.15, 0.2) is 16.7 Å². The molecular formula is C13H18BrN3O. The highest BCUT2D eigenvalue weighted by Crippen LogP contribution is 2.43. The van der Waals surface area contributed by atoms with Crippen molar-refractivity contribution in [2.45, 2.75) is 32.6 Å². The quantitative estimate of drug-likeness (QED) is 0.898. The van der Waals surface area contributed by atoms with Gasteiger partial charge in [0.1, 0.15) is 5.82 Å². The van der Waals surface area contributed by atoms with Crippen LogP contribution < -0.4 is 11.1 Å². The molecule has 1 heterocycles. The van der Waals surface area contributed by atoms with Gasteiger partial charge in [0.15, 0.2) is 0 Å². The van der Waals surface area contributed by atoms with Crippen LogP contribution in [0.4, 0.5) is 5.82 Å². The van der Waals surface area contributed by atoms with Crippen LogP contribution >= 0.6 is 15.9 Å².